The summed E-state index contributed by atoms with van der Waals surface area (Å²) in [7, 11) is 0. The fraction of sp³-hybridized carbons (Fsp3) is 0.381. The summed E-state index contributed by atoms with van der Waals surface area (Å²) < 4.78 is 6.95. The molecule has 0 spiro atoms. The van der Waals surface area contributed by atoms with Crippen molar-refractivity contribution in [2.75, 3.05) is 5.75 Å². The third-order valence-corrected chi connectivity index (χ3v) is 7.37. The SMILES string of the molecule is CCc1nc(SCC(=O)c2ccc(Br)cc2)c2c3c(sc2n1)COC(C)(C)C3. The Kier molecular flexibility index (Phi) is 5.62. The van der Waals surface area contributed by atoms with Gasteiger partial charge in [0.2, 0.25) is 0 Å². The maximum absolute atomic E-state index is 12.7. The highest BCUT2D eigenvalue weighted by molar-refractivity contribution is 9.10. The maximum atomic E-state index is 12.7. The minimum atomic E-state index is -0.195. The summed E-state index contributed by atoms with van der Waals surface area (Å²) in [6.45, 7) is 6.91. The number of thiophene rings is 1. The summed E-state index contributed by atoms with van der Waals surface area (Å²) in [4.78, 5) is 24.4. The molecular weight excluding hydrogens is 456 g/mol. The number of aryl methyl sites for hydroxylation is 1. The van der Waals surface area contributed by atoms with E-state index in [1.54, 1.807) is 11.3 Å². The molecule has 7 heteroatoms. The Balaban J connectivity index is 1.68. The maximum Gasteiger partial charge on any atom is 0.173 e. The van der Waals surface area contributed by atoms with Gasteiger partial charge in [0.15, 0.2) is 5.78 Å². The molecule has 0 saturated carbocycles. The lowest BCUT2D eigenvalue weighted by Crippen LogP contribution is -2.31. The van der Waals surface area contributed by atoms with Crippen LogP contribution in [0.25, 0.3) is 10.2 Å². The van der Waals surface area contributed by atoms with Crippen molar-refractivity contribution in [2.24, 2.45) is 0 Å². The number of benzene rings is 1. The molecule has 0 aliphatic carbocycles. The van der Waals surface area contributed by atoms with Crippen LogP contribution in [0.5, 0.6) is 0 Å². The van der Waals surface area contributed by atoms with Gasteiger partial charge in [-0.3, -0.25) is 4.79 Å². The Morgan fingerprint density at radius 2 is 2.04 bits per heavy atom. The molecule has 0 saturated heterocycles. The number of hydrogen-bond acceptors (Lipinski definition) is 6. The number of hydrogen-bond donors (Lipinski definition) is 0. The van der Waals surface area contributed by atoms with E-state index in [1.807, 2.05) is 24.3 Å². The van der Waals surface area contributed by atoms with E-state index in [0.29, 0.717) is 12.4 Å². The summed E-state index contributed by atoms with van der Waals surface area (Å²) >= 11 is 6.62. The summed E-state index contributed by atoms with van der Waals surface area (Å²) in [5, 5.41) is 2.03. The van der Waals surface area contributed by atoms with Gasteiger partial charge in [-0.15, -0.1) is 11.3 Å². The normalized spacial score (nSPS) is 15.6. The molecule has 146 valence electrons. The predicted molar refractivity (Wildman–Crippen MR) is 119 cm³/mol. The van der Waals surface area contributed by atoms with Crippen molar-refractivity contribution in [3.05, 3.63) is 50.6 Å². The molecule has 0 amide bonds. The molecule has 4 nitrogen and oxygen atoms in total. The Morgan fingerprint density at radius 1 is 1.29 bits per heavy atom. The molecular formula is C21H21BrN2O2S2. The van der Waals surface area contributed by atoms with Gasteiger partial charge >= 0.3 is 0 Å². The van der Waals surface area contributed by atoms with Gasteiger partial charge in [0.1, 0.15) is 15.7 Å². The second-order valence-corrected chi connectivity index (χ2v) is 10.4. The van der Waals surface area contributed by atoms with E-state index in [1.165, 1.54) is 22.2 Å². The fourth-order valence-corrected chi connectivity index (χ4v) is 5.69. The molecule has 0 atom stereocenters. The van der Waals surface area contributed by atoms with Crippen molar-refractivity contribution in [1.82, 2.24) is 9.97 Å². The van der Waals surface area contributed by atoms with Crippen molar-refractivity contribution in [2.45, 2.75) is 50.8 Å². The van der Waals surface area contributed by atoms with Crippen molar-refractivity contribution in [3.63, 3.8) is 0 Å². The minimum Gasteiger partial charge on any atom is -0.370 e. The number of rotatable bonds is 5. The number of thioether (sulfide) groups is 1. The van der Waals surface area contributed by atoms with E-state index in [2.05, 4.69) is 36.7 Å². The van der Waals surface area contributed by atoms with Crippen LogP contribution in [-0.2, 0) is 24.2 Å². The lowest BCUT2D eigenvalue weighted by molar-refractivity contribution is -0.0379. The highest BCUT2D eigenvalue weighted by Crippen LogP contribution is 2.41. The van der Waals surface area contributed by atoms with Crippen LogP contribution in [0.15, 0.2) is 33.8 Å². The van der Waals surface area contributed by atoms with E-state index in [4.69, 9.17) is 14.7 Å². The third kappa shape index (κ3) is 4.03. The van der Waals surface area contributed by atoms with Gasteiger partial charge < -0.3 is 4.74 Å². The summed E-state index contributed by atoms with van der Waals surface area (Å²) in [6, 6.07) is 7.50. The Morgan fingerprint density at radius 3 is 2.75 bits per heavy atom. The number of fused-ring (bicyclic) bond motifs is 3. The van der Waals surface area contributed by atoms with Crippen LogP contribution < -0.4 is 0 Å². The number of aromatic nitrogens is 2. The molecule has 28 heavy (non-hydrogen) atoms. The first-order valence-electron chi connectivity index (χ1n) is 9.23. The Labute approximate surface area is 181 Å². The van der Waals surface area contributed by atoms with Gasteiger partial charge in [-0.2, -0.15) is 0 Å². The summed E-state index contributed by atoms with van der Waals surface area (Å²) in [5.41, 5.74) is 1.82. The molecule has 3 aromatic rings. The first-order valence-corrected chi connectivity index (χ1v) is 11.8. The highest BCUT2D eigenvalue weighted by atomic mass is 79.9. The monoisotopic (exact) mass is 476 g/mol. The molecule has 0 bridgehead atoms. The third-order valence-electron chi connectivity index (χ3n) is 4.77. The van der Waals surface area contributed by atoms with Crippen molar-refractivity contribution in [3.8, 4) is 0 Å². The standard InChI is InChI=1S/C21H21BrN2O2S2/c1-4-17-23-19(27-11-15(25)12-5-7-13(22)8-6-12)18-14-9-21(2,3)26-10-16(14)28-20(18)24-17/h5-8H,4,9-11H2,1-3H3. The number of nitrogens with zero attached hydrogens (tertiary/aromatic N) is 2. The van der Waals surface area contributed by atoms with Crippen molar-refractivity contribution >= 4 is 55.0 Å². The highest BCUT2D eigenvalue weighted by Gasteiger charge is 2.31. The van der Waals surface area contributed by atoms with Crippen LogP contribution >= 0.6 is 39.0 Å². The van der Waals surface area contributed by atoms with E-state index in [-0.39, 0.29) is 11.4 Å². The van der Waals surface area contributed by atoms with Gasteiger partial charge in [0, 0.05) is 33.1 Å². The lowest BCUT2D eigenvalue weighted by atomic mass is 9.94. The average molecular weight is 477 g/mol. The number of carbonyl (C=O) groups is 1. The molecule has 1 aromatic carbocycles. The second-order valence-electron chi connectivity index (χ2n) is 7.43. The van der Waals surface area contributed by atoms with Crippen LogP contribution in [0.4, 0.5) is 0 Å². The molecule has 1 aliphatic rings. The minimum absolute atomic E-state index is 0.107. The van der Waals surface area contributed by atoms with Crippen LogP contribution in [-0.4, -0.2) is 27.1 Å². The fourth-order valence-electron chi connectivity index (χ4n) is 3.27. The lowest BCUT2D eigenvalue weighted by Gasteiger charge is -2.30. The zero-order chi connectivity index (χ0) is 19.9. The molecule has 0 unspecified atom stereocenters. The van der Waals surface area contributed by atoms with Gasteiger partial charge in [0.05, 0.1) is 18.0 Å². The average Bonchev–Trinajstić information content (AvgIpc) is 3.02. The van der Waals surface area contributed by atoms with Gasteiger partial charge in [-0.05, 0) is 31.5 Å². The first kappa shape index (κ1) is 20.0. The van der Waals surface area contributed by atoms with E-state index in [0.717, 1.165) is 43.9 Å². The molecule has 2 aromatic heterocycles. The topological polar surface area (TPSA) is 52.1 Å². The van der Waals surface area contributed by atoms with Gasteiger partial charge in [-0.25, -0.2) is 9.97 Å². The molecule has 3 heterocycles. The summed E-state index contributed by atoms with van der Waals surface area (Å²) in [5.74, 6) is 1.29. The predicted octanol–water partition coefficient (Wildman–Crippen LogP) is 5.84. The molecule has 0 N–H and O–H groups in total. The number of ether oxygens (including phenoxy) is 1. The first-order chi connectivity index (χ1) is 13.4. The van der Waals surface area contributed by atoms with Crippen molar-refractivity contribution in [1.29, 1.82) is 0 Å². The van der Waals surface area contributed by atoms with E-state index in [9.17, 15) is 4.79 Å². The largest absolute Gasteiger partial charge is 0.370 e. The number of ketones is 1. The van der Waals surface area contributed by atoms with E-state index < -0.39 is 0 Å². The Bertz CT molecular complexity index is 1040. The Hall–Kier alpha value is -1.28. The molecule has 4 rings (SSSR count). The van der Waals surface area contributed by atoms with Crippen LogP contribution in [0.1, 0.15) is 47.4 Å². The van der Waals surface area contributed by atoms with Gasteiger partial charge in [0.25, 0.3) is 0 Å². The molecule has 0 fully saturated rings. The zero-order valence-corrected chi connectivity index (χ0v) is 19.3. The zero-order valence-electron chi connectivity index (χ0n) is 16.0. The smallest absolute Gasteiger partial charge is 0.173 e. The molecule has 0 radical (unpaired) electrons. The quantitative estimate of drug-likeness (QED) is 0.263. The van der Waals surface area contributed by atoms with Crippen molar-refractivity contribution < 1.29 is 9.53 Å². The summed E-state index contributed by atoms with van der Waals surface area (Å²) in [6.07, 6.45) is 1.61. The number of carbonyl (C=O) groups excluding carboxylic acids is 1. The number of halogens is 1. The van der Waals surface area contributed by atoms with Gasteiger partial charge in [-0.1, -0.05) is 46.7 Å². The van der Waals surface area contributed by atoms with Crippen LogP contribution in [0.3, 0.4) is 0 Å². The van der Waals surface area contributed by atoms with Crippen LogP contribution in [0, 0.1) is 0 Å². The second kappa shape index (κ2) is 7.86. The molecule has 1 aliphatic heterocycles. The number of Topliss-reactive ketones (excluding diaryl/α,β-unsaturated/α-hetero) is 1. The van der Waals surface area contributed by atoms with Crippen LogP contribution in [0.2, 0.25) is 0 Å². The van der Waals surface area contributed by atoms with E-state index >= 15 is 0 Å².